The lowest BCUT2D eigenvalue weighted by atomic mass is 10.1. The van der Waals surface area contributed by atoms with Gasteiger partial charge in [-0.1, -0.05) is 24.3 Å². The summed E-state index contributed by atoms with van der Waals surface area (Å²) in [5.41, 5.74) is 3.28. The van der Waals surface area contributed by atoms with E-state index in [2.05, 4.69) is 31.7 Å². The lowest BCUT2D eigenvalue weighted by Crippen LogP contribution is -2.45. The standard InChI is InChI=1S/C32H32F3N5O6/c33-32(34,35)46-28-11-9-27(10-12-28)43-21-24-3-1-23(2-4-24)19-37-15-17-38(18-16-37)25-5-7-26(8-6-25)44-22-29-13-14-39-20-30(40(41)42)36-31(39)45-29/h1-12,20,29H,13-19,21-22H2/t29-/m0/s1. The van der Waals surface area contributed by atoms with Crippen LogP contribution < -0.4 is 23.8 Å². The van der Waals surface area contributed by atoms with Gasteiger partial charge in [0.15, 0.2) is 0 Å². The fourth-order valence-corrected chi connectivity index (χ4v) is 5.35. The first-order chi connectivity index (χ1) is 22.2. The molecule has 4 aromatic rings. The molecule has 2 aliphatic rings. The Balaban J connectivity index is 0.906. The molecule has 1 fully saturated rings. The monoisotopic (exact) mass is 639 g/mol. The van der Waals surface area contributed by atoms with Gasteiger partial charge in [0.2, 0.25) is 0 Å². The van der Waals surface area contributed by atoms with Crippen LogP contribution in [0.15, 0.2) is 79.0 Å². The average Bonchev–Trinajstić information content (AvgIpc) is 3.48. The lowest BCUT2D eigenvalue weighted by molar-refractivity contribution is -0.389. The molecule has 6 rings (SSSR count). The summed E-state index contributed by atoms with van der Waals surface area (Å²) in [6, 6.07) is 21.7. The van der Waals surface area contributed by atoms with Gasteiger partial charge in [0.1, 0.15) is 42.8 Å². The Morgan fingerprint density at radius 3 is 2.15 bits per heavy atom. The third kappa shape index (κ3) is 8.18. The first-order valence-electron chi connectivity index (χ1n) is 14.8. The maximum Gasteiger partial charge on any atom is 0.573 e. The molecule has 1 atom stereocenters. The molecule has 242 valence electrons. The van der Waals surface area contributed by atoms with E-state index < -0.39 is 11.3 Å². The van der Waals surface area contributed by atoms with Crippen molar-refractivity contribution in [1.82, 2.24) is 14.5 Å². The van der Waals surface area contributed by atoms with Crippen molar-refractivity contribution in [2.24, 2.45) is 0 Å². The van der Waals surface area contributed by atoms with E-state index in [1.165, 1.54) is 36.0 Å². The maximum absolute atomic E-state index is 12.3. The van der Waals surface area contributed by atoms with Gasteiger partial charge in [-0.25, -0.2) is 0 Å². The fraction of sp³-hybridized carbons (Fsp3) is 0.344. The van der Waals surface area contributed by atoms with Crippen molar-refractivity contribution in [2.75, 3.05) is 37.7 Å². The van der Waals surface area contributed by atoms with Gasteiger partial charge in [-0.05, 0) is 64.6 Å². The molecule has 3 heterocycles. The van der Waals surface area contributed by atoms with Crippen LogP contribution in [-0.4, -0.2) is 64.6 Å². The number of hydrogen-bond acceptors (Lipinski definition) is 9. The quantitative estimate of drug-likeness (QED) is 0.148. The van der Waals surface area contributed by atoms with Crippen LogP contribution in [-0.2, 0) is 19.7 Å². The van der Waals surface area contributed by atoms with Crippen molar-refractivity contribution in [3.05, 3.63) is 100 Å². The topological polar surface area (TPSA) is 104 Å². The molecule has 0 bridgehead atoms. The number of imidazole rings is 1. The number of aryl methyl sites for hydroxylation is 1. The highest BCUT2D eigenvalue weighted by molar-refractivity contribution is 5.49. The van der Waals surface area contributed by atoms with E-state index in [0.29, 0.717) is 31.9 Å². The SMILES string of the molecule is O=[N+]([O-])c1cn2c(n1)O[C@H](COc1ccc(N3CCN(Cc4ccc(COc5ccc(OC(F)(F)F)cc5)cc4)CC3)cc1)CC2. The molecule has 2 aliphatic heterocycles. The van der Waals surface area contributed by atoms with Crippen LogP contribution in [0, 0.1) is 10.1 Å². The van der Waals surface area contributed by atoms with Crippen molar-refractivity contribution in [3.8, 4) is 23.3 Å². The molecule has 0 aliphatic carbocycles. The Morgan fingerprint density at radius 1 is 0.848 bits per heavy atom. The third-order valence-electron chi connectivity index (χ3n) is 7.78. The lowest BCUT2D eigenvalue weighted by Gasteiger charge is -2.36. The predicted octanol–water partition coefficient (Wildman–Crippen LogP) is 5.82. The minimum absolute atomic E-state index is 0.221. The second-order valence-corrected chi connectivity index (χ2v) is 11.1. The van der Waals surface area contributed by atoms with Crippen LogP contribution in [0.1, 0.15) is 17.5 Å². The molecule has 1 saturated heterocycles. The Morgan fingerprint density at radius 2 is 1.48 bits per heavy atom. The molecule has 0 saturated carbocycles. The zero-order valence-corrected chi connectivity index (χ0v) is 24.8. The van der Waals surface area contributed by atoms with E-state index in [-0.39, 0.29) is 23.7 Å². The highest BCUT2D eigenvalue weighted by atomic mass is 19.4. The molecular weight excluding hydrogens is 607 g/mol. The number of piperazine rings is 1. The number of nitro groups is 1. The zero-order chi connectivity index (χ0) is 32.1. The molecule has 0 spiro atoms. The van der Waals surface area contributed by atoms with E-state index in [1.807, 2.05) is 36.4 Å². The van der Waals surface area contributed by atoms with E-state index in [0.717, 1.165) is 49.7 Å². The van der Waals surface area contributed by atoms with Crippen molar-refractivity contribution in [1.29, 1.82) is 0 Å². The number of hydrogen-bond donors (Lipinski definition) is 0. The maximum atomic E-state index is 12.3. The molecule has 0 radical (unpaired) electrons. The van der Waals surface area contributed by atoms with Crippen LogP contribution in [0.4, 0.5) is 24.7 Å². The van der Waals surface area contributed by atoms with Crippen molar-refractivity contribution < 1.29 is 37.0 Å². The summed E-state index contributed by atoms with van der Waals surface area (Å²) >= 11 is 0. The second-order valence-electron chi connectivity index (χ2n) is 11.1. The first kappa shape index (κ1) is 31.0. The normalized spacial score (nSPS) is 16.8. The zero-order valence-electron chi connectivity index (χ0n) is 24.8. The van der Waals surface area contributed by atoms with E-state index >= 15 is 0 Å². The summed E-state index contributed by atoms with van der Waals surface area (Å²) in [6.45, 7) is 5.68. The van der Waals surface area contributed by atoms with Gasteiger partial charge in [0.25, 0.3) is 0 Å². The number of nitrogens with zero attached hydrogens (tertiary/aromatic N) is 5. The fourth-order valence-electron chi connectivity index (χ4n) is 5.35. The highest BCUT2D eigenvalue weighted by Crippen LogP contribution is 2.27. The number of ether oxygens (including phenoxy) is 4. The smallest absolute Gasteiger partial charge is 0.490 e. The van der Waals surface area contributed by atoms with E-state index in [1.54, 1.807) is 4.57 Å². The van der Waals surface area contributed by atoms with Crippen LogP contribution >= 0.6 is 0 Å². The van der Waals surface area contributed by atoms with Crippen LogP contribution in [0.25, 0.3) is 0 Å². The molecular formula is C32H32F3N5O6. The Kier molecular flexibility index (Phi) is 9.15. The van der Waals surface area contributed by atoms with Crippen LogP contribution in [0.3, 0.4) is 0 Å². The summed E-state index contributed by atoms with van der Waals surface area (Å²) in [6.07, 6.45) is -2.90. The molecule has 1 aromatic heterocycles. The Bertz CT molecular complexity index is 1610. The van der Waals surface area contributed by atoms with Crippen LogP contribution in [0.2, 0.25) is 0 Å². The molecule has 14 heteroatoms. The third-order valence-corrected chi connectivity index (χ3v) is 7.78. The number of fused-ring (bicyclic) bond motifs is 1. The van der Waals surface area contributed by atoms with E-state index in [9.17, 15) is 23.3 Å². The number of alkyl halides is 3. The largest absolute Gasteiger partial charge is 0.573 e. The second kappa shape index (κ2) is 13.6. The molecule has 0 N–H and O–H groups in total. The number of aromatic nitrogens is 2. The number of anilines is 1. The highest BCUT2D eigenvalue weighted by Gasteiger charge is 2.31. The number of halogens is 3. The van der Waals surface area contributed by atoms with Gasteiger partial charge < -0.3 is 34.0 Å². The van der Waals surface area contributed by atoms with Gasteiger partial charge in [-0.15, -0.1) is 13.2 Å². The summed E-state index contributed by atoms with van der Waals surface area (Å²) in [5.74, 6) is 0.678. The molecule has 0 unspecified atom stereocenters. The van der Waals surface area contributed by atoms with Gasteiger partial charge >= 0.3 is 18.2 Å². The molecule has 0 amide bonds. The summed E-state index contributed by atoms with van der Waals surface area (Å²) in [7, 11) is 0. The summed E-state index contributed by atoms with van der Waals surface area (Å²) in [5, 5.41) is 11.0. The summed E-state index contributed by atoms with van der Waals surface area (Å²) < 4.78 is 59.9. The van der Waals surface area contributed by atoms with Crippen LogP contribution in [0.5, 0.6) is 23.3 Å². The average molecular weight is 640 g/mol. The Labute approximate surface area is 262 Å². The number of benzene rings is 3. The van der Waals surface area contributed by atoms with Gasteiger partial charge in [-0.3, -0.25) is 9.47 Å². The van der Waals surface area contributed by atoms with Crippen molar-refractivity contribution in [2.45, 2.75) is 38.6 Å². The van der Waals surface area contributed by atoms with Gasteiger partial charge in [0, 0.05) is 56.4 Å². The van der Waals surface area contributed by atoms with E-state index in [4.69, 9.17) is 14.2 Å². The predicted molar refractivity (Wildman–Crippen MR) is 161 cm³/mol. The minimum Gasteiger partial charge on any atom is -0.490 e. The van der Waals surface area contributed by atoms with Gasteiger partial charge in [0.05, 0.1) is 0 Å². The minimum atomic E-state index is -4.72. The van der Waals surface area contributed by atoms with Crippen molar-refractivity contribution in [3.63, 3.8) is 0 Å². The molecule has 3 aromatic carbocycles. The molecule has 11 nitrogen and oxygen atoms in total. The number of rotatable bonds is 11. The first-order valence-corrected chi connectivity index (χ1v) is 14.8. The summed E-state index contributed by atoms with van der Waals surface area (Å²) in [4.78, 5) is 19.1. The molecule has 46 heavy (non-hydrogen) atoms. The Hall–Kier alpha value is -4.98. The van der Waals surface area contributed by atoms with Gasteiger partial charge in [-0.2, -0.15) is 0 Å². The van der Waals surface area contributed by atoms with Crippen molar-refractivity contribution >= 4 is 11.5 Å².